The zero-order chi connectivity index (χ0) is 17.7. The molecule has 5 nitrogen and oxygen atoms in total. The lowest BCUT2D eigenvalue weighted by molar-refractivity contribution is -0.116. The summed E-state index contributed by atoms with van der Waals surface area (Å²) in [6.45, 7) is 1.47. The standard InChI is InChI=1S/C17H16FN3O2S/c1-11(22)21(2)15-5-3-4-14(10-15)19-17(24)20-16(23)12-6-8-13(18)9-7-12/h3-10H,1-2H3,(H2,19,20,23,24). The molecule has 0 bridgehead atoms. The van der Waals surface area contributed by atoms with Gasteiger partial charge in [0.1, 0.15) is 5.82 Å². The molecular weight excluding hydrogens is 329 g/mol. The van der Waals surface area contributed by atoms with E-state index < -0.39 is 11.7 Å². The number of amides is 2. The van der Waals surface area contributed by atoms with Gasteiger partial charge in [0.2, 0.25) is 5.91 Å². The quantitative estimate of drug-likeness (QED) is 0.840. The van der Waals surface area contributed by atoms with Crippen LogP contribution in [0.15, 0.2) is 48.5 Å². The third-order valence-corrected chi connectivity index (χ3v) is 3.50. The molecule has 24 heavy (non-hydrogen) atoms. The molecule has 2 rings (SSSR count). The van der Waals surface area contributed by atoms with Crippen molar-refractivity contribution in [2.24, 2.45) is 0 Å². The molecule has 0 saturated carbocycles. The van der Waals surface area contributed by atoms with Crippen LogP contribution in [0.25, 0.3) is 0 Å². The molecule has 0 aliphatic heterocycles. The fraction of sp³-hybridized carbons (Fsp3) is 0.118. The Kier molecular flexibility index (Phi) is 5.59. The highest BCUT2D eigenvalue weighted by Gasteiger charge is 2.09. The second kappa shape index (κ2) is 7.65. The van der Waals surface area contributed by atoms with Crippen molar-refractivity contribution < 1.29 is 14.0 Å². The molecule has 0 unspecified atom stereocenters. The first-order valence-electron chi connectivity index (χ1n) is 7.09. The predicted molar refractivity (Wildman–Crippen MR) is 95.6 cm³/mol. The van der Waals surface area contributed by atoms with Crippen molar-refractivity contribution in [2.45, 2.75) is 6.92 Å². The largest absolute Gasteiger partial charge is 0.332 e. The highest BCUT2D eigenvalue weighted by atomic mass is 32.1. The summed E-state index contributed by atoms with van der Waals surface area (Å²) >= 11 is 5.10. The fourth-order valence-corrected chi connectivity index (χ4v) is 2.12. The van der Waals surface area contributed by atoms with Gasteiger partial charge in [0.25, 0.3) is 5.91 Å². The van der Waals surface area contributed by atoms with Crippen LogP contribution in [-0.2, 0) is 4.79 Å². The Labute approximate surface area is 144 Å². The Balaban J connectivity index is 2.02. The van der Waals surface area contributed by atoms with Gasteiger partial charge < -0.3 is 10.2 Å². The normalized spacial score (nSPS) is 9.96. The van der Waals surface area contributed by atoms with Crippen LogP contribution in [0.5, 0.6) is 0 Å². The van der Waals surface area contributed by atoms with Crippen LogP contribution >= 0.6 is 12.2 Å². The van der Waals surface area contributed by atoms with Gasteiger partial charge in [-0.1, -0.05) is 6.07 Å². The van der Waals surface area contributed by atoms with Crippen molar-refractivity contribution in [1.82, 2.24) is 5.32 Å². The molecule has 2 aromatic carbocycles. The molecule has 2 amide bonds. The minimum Gasteiger partial charge on any atom is -0.332 e. The van der Waals surface area contributed by atoms with E-state index in [0.29, 0.717) is 16.9 Å². The summed E-state index contributed by atoms with van der Waals surface area (Å²) in [7, 11) is 1.66. The molecule has 7 heteroatoms. The number of benzene rings is 2. The van der Waals surface area contributed by atoms with Gasteiger partial charge in [0, 0.05) is 30.9 Å². The van der Waals surface area contributed by atoms with E-state index in [4.69, 9.17) is 12.2 Å². The van der Waals surface area contributed by atoms with Gasteiger partial charge in [-0.2, -0.15) is 0 Å². The molecule has 0 spiro atoms. The number of nitrogens with one attached hydrogen (secondary N) is 2. The van der Waals surface area contributed by atoms with Crippen LogP contribution < -0.4 is 15.5 Å². The van der Waals surface area contributed by atoms with Crippen molar-refractivity contribution >= 4 is 40.5 Å². The first kappa shape index (κ1) is 17.6. The summed E-state index contributed by atoms with van der Waals surface area (Å²) in [5, 5.41) is 5.49. The Bertz CT molecular complexity index is 778. The minimum absolute atomic E-state index is 0.0978. The van der Waals surface area contributed by atoms with Gasteiger partial charge >= 0.3 is 0 Å². The van der Waals surface area contributed by atoms with Crippen molar-refractivity contribution in [1.29, 1.82) is 0 Å². The first-order valence-corrected chi connectivity index (χ1v) is 7.50. The Morgan fingerprint density at radius 1 is 1.12 bits per heavy atom. The fourth-order valence-electron chi connectivity index (χ4n) is 1.91. The monoisotopic (exact) mass is 345 g/mol. The van der Waals surface area contributed by atoms with Crippen molar-refractivity contribution in [3.8, 4) is 0 Å². The molecule has 2 N–H and O–H groups in total. The predicted octanol–water partition coefficient (Wildman–Crippen LogP) is 2.94. The number of nitrogens with zero attached hydrogens (tertiary/aromatic N) is 1. The maximum absolute atomic E-state index is 12.9. The van der Waals surface area contributed by atoms with Gasteiger partial charge in [-0.3, -0.25) is 14.9 Å². The third kappa shape index (κ3) is 4.60. The lowest BCUT2D eigenvalue weighted by Gasteiger charge is -2.16. The SMILES string of the molecule is CC(=O)N(C)c1cccc(NC(=S)NC(=O)c2ccc(F)cc2)c1. The molecule has 0 heterocycles. The second-order valence-corrected chi connectivity index (χ2v) is 5.45. The van der Waals surface area contributed by atoms with Crippen molar-refractivity contribution in [2.75, 3.05) is 17.3 Å². The lowest BCUT2D eigenvalue weighted by Crippen LogP contribution is -2.34. The molecule has 0 radical (unpaired) electrons. The molecule has 0 aliphatic carbocycles. The smallest absolute Gasteiger partial charge is 0.257 e. The van der Waals surface area contributed by atoms with E-state index >= 15 is 0 Å². The van der Waals surface area contributed by atoms with Gasteiger partial charge in [0.15, 0.2) is 5.11 Å². The van der Waals surface area contributed by atoms with E-state index in [1.807, 2.05) is 0 Å². The second-order valence-electron chi connectivity index (χ2n) is 5.04. The number of anilines is 2. The molecule has 0 saturated heterocycles. The summed E-state index contributed by atoms with van der Waals surface area (Å²) < 4.78 is 12.9. The molecule has 2 aromatic rings. The van der Waals surface area contributed by atoms with E-state index in [1.165, 1.54) is 36.1 Å². The van der Waals surface area contributed by atoms with Crippen molar-refractivity contribution in [3.63, 3.8) is 0 Å². The van der Waals surface area contributed by atoms with E-state index in [2.05, 4.69) is 10.6 Å². The number of carbonyl (C=O) groups is 2. The number of carbonyl (C=O) groups excluding carboxylic acids is 2. The summed E-state index contributed by atoms with van der Waals surface area (Å²) in [6.07, 6.45) is 0. The Morgan fingerprint density at radius 2 is 1.79 bits per heavy atom. The van der Waals surface area contributed by atoms with Crippen LogP contribution in [0.2, 0.25) is 0 Å². The average Bonchev–Trinajstić information content (AvgIpc) is 2.54. The molecule has 0 fully saturated rings. The van der Waals surface area contributed by atoms with Gasteiger partial charge in [-0.25, -0.2) is 4.39 Å². The zero-order valence-electron chi connectivity index (χ0n) is 13.2. The first-order chi connectivity index (χ1) is 11.4. The van der Waals surface area contributed by atoms with Crippen LogP contribution in [0.3, 0.4) is 0 Å². The zero-order valence-corrected chi connectivity index (χ0v) is 14.0. The van der Waals surface area contributed by atoms with Crippen LogP contribution in [0, 0.1) is 5.82 Å². The molecule has 0 aromatic heterocycles. The van der Waals surface area contributed by atoms with Crippen LogP contribution in [0.1, 0.15) is 17.3 Å². The van der Waals surface area contributed by atoms with Gasteiger partial charge in [-0.15, -0.1) is 0 Å². The number of rotatable bonds is 3. The topological polar surface area (TPSA) is 61.4 Å². The summed E-state index contributed by atoms with van der Waals surface area (Å²) in [6, 6.07) is 12.2. The number of hydrogen-bond donors (Lipinski definition) is 2. The number of hydrogen-bond acceptors (Lipinski definition) is 3. The van der Waals surface area contributed by atoms with E-state index in [-0.39, 0.29) is 11.0 Å². The van der Waals surface area contributed by atoms with Crippen LogP contribution in [-0.4, -0.2) is 24.0 Å². The highest BCUT2D eigenvalue weighted by molar-refractivity contribution is 7.80. The Hall–Kier alpha value is -2.80. The maximum Gasteiger partial charge on any atom is 0.257 e. The van der Waals surface area contributed by atoms with Gasteiger partial charge in [0.05, 0.1) is 0 Å². The maximum atomic E-state index is 12.9. The summed E-state index contributed by atoms with van der Waals surface area (Å²) in [5.74, 6) is -0.956. The molecule has 0 aliphatic rings. The van der Waals surface area contributed by atoms with Crippen LogP contribution in [0.4, 0.5) is 15.8 Å². The van der Waals surface area contributed by atoms with Gasteiger partial charge in [-0.05, 0) is 54.7 Å². The highest BCUT2D eigenvalue weighted by Crippen LogP contribution is 2.18. The molecular formula is C17H16FN3O2S. The van der Waals surface area contributed by atoms with Crippen molar-refractivity contribution in [3.05, 3.63) is 59.9 Å². The Morgan fingerprint density at radius 3 is 2.42 bits per heavy atom. The third-order valence-electron chi connectivity index (χ3n) is 3.30. The average molecular weight is 345 g/mol. The lowest BCUT2D eigenvalue weighted by atomic mass is 10.2. The molecule has 0 atom stereocenters. The minimum atomic E-state index is -0.440. The van der Waals surface area contributed by atoms with E-state index in [1.54, 1.807) is 31.3 Å². The number of thiocarbonyl (C=S) groups is 1. The van der Waals surface area contributed by atoms with E-state index in [0.717, 1.165) is 0 Å². The summed E-state index contributed by atoms with van der Waals surface area (Å²) in [4.78, 5) is 24.9. The molecule has 124 valence electrons. The summed E-state index contributed by atoms with van der Waals surface area (Å²) in [5.41, 5.74) is 1.62. The number of halogens is 1. The van der Waals surface area contributed by atoms with E-state index in [9.17, 15) is 14.0 Å².